The van der Waals surface area contributed by atoms with E-state index in [0.717, 1.165) is 32.5 Å². The van der Waals surface area contributed by atoms with Gasteiger partial charge in [-0.05, 0) is 52.1 Å². The van der Waals surface area contributed by atoms with Crippen LogP contribution in [0.1, 0.15) is 38.5 Å². The van der Waals surface area contributed by atoms with Gasteiger partial charge in [0.25, 0.3) is 0 Å². The van der Waals surface area contributed by atoms with Gasteiger partial charge < -0.3 is 15.4 Å². The fourth-order valence-corrected chi connectivity index (χ4v) is 2.22. The Morgan fingerprint density at radius 1 is 1.44 bits per heavy atom. The smallest absolute Gasteiger partial charge is 0.0727 e. The summed E-state index contributed by atoms with van der Waals surface area (Å²) in [5.41, 5.74) is 5.46. The van der Waals surface area contributed by atoms with Crippen LogP contribution in [-0.4, -0.2) is 42.7 Å². The molecule has 3 nitrogen and oxygen atoms in total. The van der Waals surface area contributed by atoms with Gasteiger partial charge in [0.15, 0.2) is 0 Å². The molecular formula is C12H24N2OS. The summed E-state index contributed by atoms with van der Waals surface area (Å²) in [5, 5.41) is 0. The quantitative estimate of drug-likeness (QED) is 0.549. The van der Waals surface area contributed by atoms with E-state index in [4.69, 9.17) is 22.7 Å². The third-order valence-corrected chi connectivity index (χ3v) is 3.21. The maximum Gasteiger partial charge on any atom is 0.0727 e. The van der Waals surface area contributed by atoms with Crippen LogP contribution in [0.4, 0.5) is 0 Å². The summed E-state index contributed by atoms with van der Waals surface area (Å²) in [6.07, 6.45) is 7.37. The van der Waals surface area contributed by atoms with Crippen LogP contribution in [-0.2, 0) is 4.74 Å². The number of nitrogens with zero attached hydrogens (tertiary/aromatic N) is 1. The molecule has 1 saturated heterocycles. The molecule has 1 heterocycles. The molecule has 2 N–H and O–H groups in total. The van der Waals surface area contributed by atoms with Crippen LogP contribution >= 0.6 is 12.2 Å². The van der Waals surface area contributed by atoms with Crippen LogP contribution in [0, 0.1) is 0 Å². The molecule has 0 aromatic rings. The second-order valence-corrected chi connectivity index (χ2v) is 5.20. The molecule has 0 aromatic heterocycles. The topological polar surface area (TPSA) is 38.5 Å². The first-order valence-corrected chi connectivity index (χ1v) is 6.68. The lowest BCUT2D eigenvalue weighted by molar-refractivity contribution is -0.00157. The Balaban J connectivity index is 2.01. The van der Waals surface area contributed by atoms with E-state index in [1.54, 1.807) is 0 Å². The van der Waals surface area contributed by atoms with E-state index < -0.39 is 0 Å². The van der Waals surface area contributed by atoms with E-state index in [1.807, 2.05) is 0 Å². The zero-order valence-corrected chi connectivity index (χ0v) is 11.1. The van der Waals surface area contributed by atoms with Gasteiger partial charge in [-0.25, -0.2) is 0 Å². The minimum atomic E-state index is 0.453. The molecule has 1 unspecified atom stereocenters. The van der Waals surface area contributed by atoms with Crippen molar-refractivity contribution in [2.45, 2.75) is 44.6 Å². The first kappa shape index (κ1) is 13.9. The van der Waals surface area contributed by atoms with Crippen molar-refractivity contribution in [3.05, 3.63) is 0 Å². The van der Waals surface area contributed by atoms with Gasteiger partial charge in [0.05, 0.1) is 11.1 Å². The van der Waals surface area contributed by atoms with Crippen molar-refractivity contribution in [2.75, 3.05) is 26.7 Å². The van der Waals surface area contributed by atoms with E-state index in [0.29, 0.717) is 11.1 Å². The van der Waals surface area contributed by atoms with E-state index in [-0.39, 0.29) is 0 Å². The van der Waals surface area contributed by atoms with Gasteiger partial charge in [-0.3, -0.25) is 0 Å². The standard InChI is InChI=1S/C12H24N2OS/c1-14(8-4-2-7-12(13)16)10-11-6-3-5-9-15-11/h11H,2-10H2,1H3,(H2,13,16). The van der Waals surface area contributed by atoms with Crippen molar-refractivity contribution in [1.29, 1.82) is 0 Å². The second-order valence-electron chi connectivity index (χ2n) is 4.67. The number of unbranched alkanes of at least 4 members (excludes halogenated alkanes) is 1. The van der Waals surface area contributed by atoms with Gasteiger partial charge in [0.2, 0.25) is 0 Å². The van der Waals surface area contributed by atoms with Gasteiger partial charge in [-0.1, -0.05) is 12.2 Å². The Bertz CT molecular complexity index is 205. The van der Waals surface area contributed by atoms with Crippen molar-refractivity contribution in [1.82, 2.24) is 4.90 Å². The third-order valence-electron chi connectivity index (χ3n) is 3.00. The van der Waals surface area contributed by atoms with E-state index in [1.165, 1.54) is 25.7 Å². The van der Waals surface area contributed by atoms with Crippen molar-refractivity contribution >= 4 is 17.2 Å². The minimum Gasteiger partial charge on any atom is -0.393 e. The van der Waals surface area contributed by atoms with Crippen LogP contribution < -0.4 is 5.73 Å². The summed E-state index contributed by atoms with van der Waals surface area (Å²) in [5.74, 6) is 0. The van der Waals surface area contributed by atoms with E-state index in [2.05, 4.69) is 11.9 Å². The molecule has 1 atom stereocenters. The van der Waals surface area contributed by atoms with Gasteiger partial charge in [0.1, 0.15) is 0 Å². The Morgan fingerprint density at radius 3 is 2.88 bits per heavy atom. The summed E-state index contributed by atoms with van der Waals surface area (Å²) in [6.45, 7) is 3.12. The monoisotopic (exact) mass is 244 g/mol. The second kappa shape index (κ2) is 7.98. The van der Waals surface area contributed by atoms with Crippen molar-refractivity contribution < 1.29 is 4.74 Å². The van der Waals surface area contributed by atoms with E-state index in [9.17, 15) is 0 Å². The highest BCUT2D eigenvalue weighted by molar-refractivity contribution is 7.80. The fourth-order valence-electron chi connectivity index (χ4n) is 2.07. The Morgan fingerprint density at radius 2 is 2.25 bits per heavy atom. The van der Waals surface area contributed by atoms with Crippen LogP contribution in [0.5, 0.6) is 0 Å². The van der Waals surface area contributed by atoms with Crippen molar-refractivity contribution in [3.63, 3.8) is 0 Å². The molecule has 1 aliphatic rings. The molecule has 0 saturated carbocycles. The highest BCUT2D eigenvalue weighted by Crippen LogP contribution is 2.13. The molecule has 0 amide bonds. The lowest BCUT2D eigenvalue weighted by atomic mass is 10.1. The third kappa shape index (κ3) is 6.40. The first-order chi connectivity index (χ1) is 7.68. The molecule has 0 aromatic carbocycles. The summed E-state index contributed by atoms with van der Waals surface area (Å²) >= 11 is 4.85. The molecule has 0 aliphatic carbocycles. The lowest BCUT2D eigenvalue weighted by Crippen LogP contribution is -2.33. The average Bonchev–Trinajstić information content (AvgIpc) is 2.25. The molecule has 1 fully saturated rings. The maximum absolute atomic E-state index is 5.71. The van der Waals surface area contributed by atoms with Crippen LogP contribution in [0.2, 0.25) is 0 Å². The molecule has 1 aliphatic heterocycles. The predicted octanol–water partition coefficient (Wildman–Crippen LogP) is 1.94. The van der Waals surface area contributed by atoms with Gasteiger partial charge in [-0.15, -0.1) is 0 Å². The van der Waals surface area contributed by atoms with E-state index >= 15 is 0 Å². The van der Waals surface area contributed by atoms with Crippen molar-refractivity contribution in [2.24, 2.45) is 5.73 Å². The Labute approximate surface area is 104 Å². The number of likely N-dealkylation sites (N-methyl/N-ethyl adjacent to an activating group) is 1. The van der Waals surface area contributed by atoms with Gasteiger partial charge in [-0.2, -0.15) is 0 Å². The molecule has 16 heavy (non-hydrogen) atoms. The summed E-state index contributed by atoms with van der Waals surface area (Å²) < 4.78 is 5.71. The summed E-state index contributed by atoms with van der Waals surface area (Å²) in [7, 11) is 2.17. The number of hydrogen-bond donors (Lipinski definition) is 1. The lowest BCUT2D eigenvalue weighted by Gasteiger charge is -2.27. The fraction of sp³-hybridized carbons (Fsp3) is 0.917. The molecular weight excluding hydrogens is 220 g/mol. The molecule has 94 valence electrons. The number of nitrogens with two attached hydrogens (primary N) is 1. The number of rotatable bonds is 7. The predicted molar refractivity (Wildman–Crippen MR) is 71.7 cm³/mol. The average molecular weight is 244 g/mol. The van der Waals surface area contributed by atoms with Crippen LogP contribution in [0.15, 0.2) is 0 Å². The number of ether oxygens (including phenoxy) is 1. The molecule has 0 spiro atoms. The molecule has 0 radical (unpaired) electrons. The molecule has 0 bridgehead atoms. The number of hydrogen-bond acceptors (Lipinski definition) is 3. The highest BCUT2D eigenvalue weighted by Gasteiger charge is 2.15. The minimum absolute atomic E-state index is 0.453. The first-order valence-electron chi connectivity index (χ1n) is 6.27. The summed E-state index contributed by atoms with van der Waals surface area (Å²) in [4.78, 5) is 2.99. The van der Waals surface area contributed by atoms with Gasteiger partial charge in [0, 0.05) is 13.2 Å². The molecule has 4 heteroatoms. The zero-order chi connectivity index (χ0) is 11.8. The number of thiocarbonyl (C=S) groups is 1. The van der Waals surface area contributed by atoms with Gasteiger partial charge >= 0.3 is 0 Å². The maximum atomic E-state index is 5.71. The van der Waals surface area contributed by atoms with Crippen molar-refractivity contribution in [3.8, 4) is 0 Å². The Kier molecular flexibility index (Phi) is 6.92. The zero-order valence-electron chi connectivity index (χ0n) is 10.3. The van der Waals surface area contributed by atoms with Crippen LogP contribution in [0.3, 0.4) is 0 Å². The summed E-state index contributed by atoms with van der Waals surface area (Å²) in [6, 6.07) is 0. The normalized spacial score (nSPS) is 21.2. The largest absolute Gasteiger partial charge is 0.393 e. The highest BCUT2D eigenvalue weighted by atomic mass is 32.1. The SMILES string of the molecule is CN(CCCCC(N)=S)CC1CCCCO1. The Hall–Kier alpha value is -0.190. The molecule has 1 rings (SSSR count). The van der Waals surface area contributed by atoms with Crippen LogP contribution in [0.25, 0.3) is 0 Å².